The second kappa shape index (κ2) is 77.3. The molecule has 0 spiro atoms. The van der Waals surface area contributed by atoms with Gasteiger partial charge in [0, 0.05) is 19.3 Å². The minimum atomic E-state index is -4.94. The van der Waals surface area contributed by atoms with E-state index in [1.807, 2.05) is 0 Å². The lowest BCUT2D eigenvalue weighted by atomic mass is 10.0. The molecule has 0 heterocycles. The van der Waals surface area contributed by atoms with E-state index in [2.05, 4.69) is 154 Å². The van der Waals surface area contributed by atoms with Crippen molar-refractivity contribution in [2.24, 2.45) is 0 Å². The second-order valence-electron chi connectivity index (χ2n) is 26.8. The molecule has 16 nitrogen and oxygen atoms in total. The van der Waals surface area contributed by atoms with Crippen LogP contribution >= 0.6 is 15.6 Å². The Kier molecular flexibility index (Phi) is 74.1. The molecule has 0 aliphatic heterocycles. The minimum Gasteiger partial charge on any atom is -0.463 e. The highest BCUT2D eigenvalue weighted by atomic mass is 31.2. The first-order valence-electron chi connectivity index (χ1n) is 40.5. The topological polar surface area (TPSA) is 231 Å². The molecule has 0 aromatic heterocycles. The number of hydrogen-bond donors (Lipinski definition) is 4. The van der Waals surface area contributed by atoms with Crippen LogP contribution in [0.5, 0.6) is 0 Å². The summed E-state index contributed by atoms with van der Waals surface area (Å²) in [5.74, 6) is -1.60. The molecule has 18 heteroatoms. The number of rotatable bonds is 76. The molecular weight excluding hydrogens is 1340 g/mol. The Morgan fingerprint density at radius 2 is 0.515 bits per heavy atom. The molecular formula is C85H146O16P2. The van der Waals surface area contributed by atoms with Crippen molar-refractivity contribution in [3.8, 4) is 0 Å². The van der Waals surface area contributed by atoms with Gasteiger partial charge in [-0.25, -0.2) is 9.13 Å². The first kappa shape index (κ1) is 98.7. The van der Waals surface area contributed by atoms with Crippen molar-refractivity contribution in [3.05, 3.63) is 134 Å². The molecule has 0 amide bonds. The van der Waals surface area contributed by atoms with Crippen LogP contribution in [0.3, 0.4) is 0 Å². The molecule has 5 unspecified atom stereocenters. The number of allylic oxidation sites excluding steroid dienone is 22. The van der Waals surface area contributed by atoms with Gasteiger partial charge in [0.05, 0.1) is 26.4 Å². The smallest absolute Gasteiger partial charge is 0.463 e. The number of ether oxygens (including phenoxy) is 3. The summed E-state index contributed by atoms with van der Waals surface area (Å²) >= 11 is 0. The van der Waals surface area contributed by atoms with Gasteiger partial charge in [0.15, 0.2) is 6.10 Å². The van der Waals surface area contributed by atoms with Gasteiger partial charge in [-0.15, -0.1) is 0 Å². The molecule has 5 atom stereocenters. The van der Waals surface area contributed by atoms with Crippen molar-refractivity contribution in [3.63, 3.8) is 0 Å². The maximum Gasteiger partial charge on any atom is 0.472 e. The van der Waals surface area contributed by atoms with Gasteiger partial charge in [-0.05, 0) is 135 Å². The first-order chi connectivity index (χ1) is 50.2. The average molecular weight is 1490 g/mol. The monoisotopic (exact) mass is 1490 g/mol. The van der Waals surface area contributed by atoms with Crippen LogP contribution in [-0.2, 0) is 55.8 Å². The van der Waals surface area contributed by atoms with Gasteiger partial charge >= 0.3 is 33.6 Å². The zero-order valence-electron chi connectivity index (χ0n) is 64.7. The van der Waals surface area contributed by atoms with Crippen LogP contribution in [0.2, 0.25) is 0 Å². The Labute approximate surface area is 626 Å². The highest BCUT2D eigenvalue weighted by molar-refractivity contribution is 7.47. The second-order valence-corrected chi connectivity index (χ2v) is 29.7. The summed E-state index contributed by atoms with van der Waals surface area (Å²) in [5.41, 5.74) is 0. The lowest BCUT2D eigenvalue weighted by Crippen LogP contribution is -2.30. The van der Waals surface area contributed by atoms with E-state index >= 15 is 0 Å². The van der Waals surface area contributed by atoms with E-state index in [-0.39, 0.29) is 19.3 Å². The van der Waals surface area contributed by atoms with Crippen molar-refractivity contribution < 1.29 is 75.8 Å². The average Bonchev–Trinajstić information content (AvgIpc) is 0.916. The normalized spacial score (nSPS) is 14.7. The summed E-state index contributed by atoms with van der Waals surface area (Å²) in [7, 11) is -9.80. The fourth-order valence-electron chi connectivity index (χ4n) is 10.7. The van der Waals surface area contributed by atoms with Crippen LogP contribution in [0.15, 0.2) is 134 Å². The maximum absolute atomic E-state index is 13.0. The Bertz CT molecular complexity index is 2410. The summed E-state index contributed by atoms with van der Waals surface area (Å²) in [6.07, 6.45) is 93.6. The van der Waals surface area contributed by atoms with Gasteiger partial charge in [-0.3, -0.25) is 32.5 Å². The molecule has 0 bridgehead atoms. The third kappa shape index (κ3) is 78.6. The molecule has 0 saturated carbocycles. The van der Waals surface area contributed by atoms with Crippen molar-refractivity contribution in [2.45, 2.75) is 347 Å². The Morgan fingerprint density at radius 1 is 0.282 bits per heavy atom. The minimum absolute atomic E-state index is 0.0902. The van der Waals surface area contributed by atoms with Crippen molar-refractivity contribution in [1.29, 1.82) is 0 Å². The Balaban J connectivity index is 4.46. The molecule has 0 aromatic carbocycles. The van der Waals surface area contributed by atoms with Crippen LogP contribution in [0.1, 0.15) is 329 Å². The highest BCUT2D eigenvalue weighted by Gasteiger charge is 2.29. The van der Waals surface area contributed by atoms with E-state index in [0.717, 1.165) is 167 Å². The largest absolute Gasteiger partial charge is 0.472 e. The van der Waals surface area contributed by atoms with E-state index in [1.165, 1.54) is 103 Å². The molecule has 592 valence electrons. The van der Waals surface area contributed by atoms with E-state index in [0.29, 0.717) is 19.3 Å². The standard InChI is InChI=1S/C85H146O16P2/c1-4-7-10-13-16-19-22-25-28-30-32-33-34-35-36-37-38-39-40-41-42-43-44-45-47-49-51-53-56-59-62-65-68-71-83(88)95-74-80(86)75-97-102(91,92)98-76-81(87)77-99-103(93,94)100-79-82(101-85(90)73-70-67-64-61-58-55-50-27-24-21-18-15-12-9-6-3)78-96-84(89)72-69-66-63-60-57-54-52-48-46-31-29-26-23-20-17-14-11-8-5-2/h7-8,10-11,16-17,19-20,25-29,32-33,35-36,38-39,46,48,50,80-82,86-87H,4-6,9,12-15,18,21-24,30-31,34,37,40-45,47,49,51-79H2,1-3H3,(H,91,92)(H,93,94)/b10-7-,11-8-,19-16-,20-17-,28-25-,29-26-,33-32-,36-35-,39-38-,48-46-,50-27-. The summed E-state index contributed by atoms with van der Waals surface area (Å²) in [6.45, 7) is 2.44. The van der Waals surface area contributed by atoms with E-state index in [1.54, 1.807) is 0 Å². The molecule has 103 heavy (non-hydrogen) atoms. The Morgan fingerprint density at radius 3 is 0.825 bits per heavy atom. The van der Waals surface area contributed by atoms with Gasteiger partial charge in [0.1, 0.15) is 25.4 Å². The summed E-state index contributed by atoms with van der Waals surface area (Å²) in [5, 5.41) is 20.6. The molecule has 0 aromatic rings. The fourth-order valence-corrected chi connectivity index (χ4v) is 12.3. The van der Waals surface area contributed by atoms with Crippen molar-refractivity contribution in [2.75, 3.05) is 39.6 Å². The zero-order chi connectivity index (χ0) is 75.2. The number of phosphoric acid groups is 2. The quantitative estimate of drug-likeness (QED) is 0.0146. The number of unbranched alkanes of at least 4 members (excludes halogenated alkanes) is 31. The molecule has 4 N–H and O–H groups in total. The first-order valence-corrected chi connectivity index (χ1v) is 43.5. The van der Waals surface area contributed by atoms with Gasteiger partial charge in [0.2, 0.25) is 0 Å². The van der Waals surface area contributed by atoms with Crippen LogP contribution in [0, 0.1) is 0 Å². The van der Waals surface area contributed by atoms with Gasteiger partial charge in [0.25, 0.3) is 0 Å². The third-order valence-electron chi connectivity index (χ3n) is 16.8. The molecule has 0 radical (unpaired) electrons. The summed E-state index contributed by atoms with van der Waals surface area (Å²) in [6, 6.07) is 0. The summed E-state index contributed by atoms with van der Waals surface area (Å²) in [4.78, 5) is 58.6. The van der Waals surface area contributed by atoms with Gasteiger partial charge in [-0.2, -0.15) is 0 Å². The predicted molar refractivity (Wildman–Crippen MR) is 426 cm³/mol. The van der Waals surface area contributed by atoms with Gasteiger partial charge < -0.3 is 34.2 Å². The molecule has 0 fully saturated rings. The van der Waals surface area contributed by atoms with Crippen LogP contribution in [-0.4, -0.2) is 95.9 Å². The lowest BCUT2D eigenvalue weighted by molar-refractivity contribution is -0.161. The maximum atomic E-state index is 13.0. The number of aliphatic hydroxyl groups excluding tert-OH is 2. The number of carbonyl (C=O) groups is 3. The van der Waals surface area contributed by atoms with Crippen molar-refractivity contribution >= 4 is 33.6 Å². The molecule has 0 rings (SSSR count). The highest BCUT2D eigenvalue weighted by Crippen LogP contribution is 2.45. The molecule has 0 saturated heterocycles. The van der Waals surface area contributed by atoms with Crippen molar-refractivity contribution in [1.82, 2.24) is 0 Å². The number of carbonyl (C=O) groups excluding carboxylic acids is 3. The molecule has 0 aliphatic rings. The number of aliphatic hydroxyl groups is 2. The number of esters is 3. The number of phosphoric ester groups is 2. The number of hydrogen-bond acceptors (Lipinski definition) is 14. The van der Waals surface area contributed by atoms with Gasteiger partial charge in [-0.1, -0.05) is 309 Å². The van der Waals surface area contributed by atoms with E-state index in [4.69, 9.17) is 32.3 Å². The van der Waals surface area contributed by atoms with Crippen LogP contribution < -0.4 is 0 Å². The lowest BCUT2D eigenvalue weighted by Gasteiger charge is -2.21. The fraction of sp³-hybridized carbons (Fsp3) is 0.706. The van der Waals surface area contributed by atoms with E-state index in [9.17, 15) is 43.5 Å². The van der Waals surface area contributed by atoms with E-state index < -0.39 is 91.5 Å². The van der Waals surface area contributed by atoms with Crippen LogP contribution in [0.25, 0.3) is 0 Å². The SMILES string of the molecule is CC/C=C\C/C=C\C/C=C\C/C=C\C/C=C\C/C=C\CCCCCCCCCCCCCCCCC(=O)OCC(O)COP(=O)(O)OCC(O)COP(=O)(O)OCC(COC(=O)CCCCCCCC/C=C\C/C=C\C/C=C\C/C=C\CC)OC(=O)CCCCCCC/C=C\CCCCCCCC. The summed E-state index contributed by atoms with van der Waals surface area (Å²) < 4.78 is 61.1. The molecule has 0 aliphatic carbocycles. The predicted octanol–water partition coefficient (Wildman–Crippen LogP) is 23.9. The zero-order valence-corrected chi connectivity index (χ0v) is 66.5. The Hall–Kier alpha value is -4.31. The third-order valence-corrected chi connectivity index (χ3v) is 18.7. The van der Waals surface area contributed by atoms with Crippen LogP contribution in [0.4, 0.5) is 0 Å².